The predicted molar refractivity (Wildman–Crippen MR) is 61.7 cm³/mol. The molecule has 3 N–H and O–H groups in total. The average molecular weight is 241 g/mol. The van der Waals surface area contributed by atoms with Gasteiger partial charge in [0.05, 0.1) is 0 Å². The molecule has 1 fully saturated rings. The molecule has 0 heterocycles. The molecule has 2 atom stereocenters. The molecule has 0 spiro atoms. The van der Waals surface area contributed by atoms with Gasteiger partial charge in [0.25, 0.3) is 0 Å². The van der Waals surface area contributed by atoms with Gasteiger partial charge in [-0.1, -0.05) is 30.3 Å². The Bertz CT molecular complexity index is 382. The number of nitrogens with two attached hydrogens (primary N) is 1. The monoisotopic (exact) mass is 241 g/mol. The van der Waals surface area contributed by atoms with E-state index in [4.69, 9.17) is 5.73 Å². The first kappa shape index (κ1) is 12.5. The van der Waals surface area contributed by atoms with Gasteiger partial charge >= 0.3 is 5.92 Å². The number of alkyl halides is 2. The SMILES string of the molecule is NC1CCCC(O)(C(F)(F)c2ccccc2)C1. The van der Waals surface area contributed by atoms with E-state index < -0.39 is 11.5 Å². The van der Waals surface area contributed by atoms with Gasteiger partial charge in [0.15, 0.2) is 0 Å². The molecule has 17 heavy (non-hydrogen) atoms. The largest absolute Gasteiger partial charge is 0.383 e. The van der Waals surface area contributed by atoms with E-state index in [-0.39, 0.29) is 24.4 Å². The molecule has 0 aliphatic heterocycles. The molecule has 0 radical (unpaired) electrons. The van der Waals surface area contributed by atoms with Crippen LogP contribution in [0.15, 0.2) is 30.3 Å². The highest BCUT2D eigenvalue weighted by Crippen LogP contribution is 2.46. The molecule has 0 aromatic heterocycles. The standard InChI is InChI=1S/C13H17F2NO/c14-13(15,10-5-2-1-3-6-10)12(17)8-4-7-11(16)9-12/h1-3,5-6,11,17H,4,7-9,16H2. The summed E-state index contributed by atoms with van der Waals surface area (Å²) in [6.07, 6.45) is 1.30. The lowest BCUT2D eigenvalue weighted by Crippen LogP contribution is -2.52. The maximum atomic E-state index is 14.3. The molecule has 94 valence electrons. The first-order valence-corrected chi connectivity index (χ1v) is 5.87. The third-order valence-corrected chi connectivity index (χ3v) is 3.49. The van der Waals surface area contributed by atoms with E-state index >= 15 is 0 Å². The van der Waals surface area contributed by atoms with Crippen molar-refractivity contribution in [3.8, 4) is 0 Å². The van der Waals surface area contributed by atoms with Gasteiger partial charge in [-0.2, -0.15) is 8.78 Å². The van der Waals surface area contributed by atoms with Crippen molar-refractivity contribution in [2.45, 2.75) is 43.2 Å². The van der Waals surface area contributed by atoms with Gasteiger partial charge in [0.2, 0.25) is 0 Å². The predicted octanol–water partition coefficient (Wildman–Crippen LogP) is 2.41. The first-order chi connectivity index (χ1) is 7.96. The van der Waals surface area contributed by atoms with Crippen LogP contribution in [0.3, 0.4) is 0 Å². The quantitative estimate of drug-likeness (QED) is 0.835. The summed E-state index contributed by atoms with van der Waals surface area (Å²) in [5, 5.41) is 10.2. The van der Waals surface area contributed by atoms with E-state index in [1.54, 1.807) is 18.2 Å². The third-order valence-electron chi connectivity index (χ3n) is 3.49. The van der Waals surface area contributed by atoms with Crippen molar-refractivity contribution in [1.82, 2.24) is 0 Å². The van der Waals surface area contributed by atoms with Crippen LogP contribution in [0.2, 0.25) is 0 Å². The van der Waals surface area contributed by atoms with E-state index in [1.165, 1.54) is 12.1 Å². The van der Waals surface area contributed by atoms with E-state index in [9.17, 15) is 13.9 Å². The zero-order valence-corrected chi connectivity index (χ0v) is 9.57. The lowest BCUT2D eigenvalue weighted by molar-refractivity contribution is -0.204. The fourth-order valence-corrected chi connectivity index (χ4v) is 2.50. The number of halogens is 2. The minimum atomic E-state index is -3.24. The normalized spacial score (nSPS) is 30.2. The Balaban J connectivity index is 2.31. The second-order valence-corrected chi connectivity index (χ2v) is 4.83. The Hall–Kier alpha value is -1.00. The van der Waals surface area contributed by atoms with Crippen LogP contribution in [0.1, 0.15) is 31.2 Å². The lowest BCUT2D eigenvalue weighted by atomic mass is 9.76. The Kier molecular flexibility index (Phi) is 3.19. The van der Waals surface area contributed by atoms with Crippen LogP contribution in [0, 0.1) is 0 Å². The van der Waals surface area contributed by atoms with Crippen LogP contribution >= 0.6 is 0 Å². The number of hydrogen-bond acceptors (Lipinski definition) is 2. The number of hydrogen-bond donors (Lipinski definition) is 2. The minimum absolute atomic E-state index is 0.0467. The molecule has 0 bridgehead atoms. The topological polar surface area (TPSA) is 46.2 Å². The molecular formula is C13H17F2NO. The highest BCUT2D eigenvalue weighted by Gasteiger charge is 2.54. The summed E-state index contributed by atoms with van der Waals surface area (Å²) in [4.78, 5) is 0. The van der Waals surface area contributed by atoms with Crippen molar-refractivity contribution in [3.63, 3.8) is 0 Å². The van der Waals surface area contributed by atoms with Crippen LogP contribution in [0.5, 0.6) is 0 Å². The van der Waals surface area contributed by atoms with Crippen molar-refractivity contribution in [3.05, 3.63) is 35.9 Å². The molecule has 1 aromatic carbocycles. The van der Waals surface area contributed by atoms with Crippen LogP contribution in [0.25, 0.3) is 0 Å². The Labute approximate surface area is 99.4 Å². The van der Waals surface area contributed by atoms with Crippen LogP contribution in [0.4, 0.5) is 8.78 Å². The van der Waals surface area contributed by atoms with Gasteiger partial charge in [-0.3, -0.25) is 0 Å². The van der Waals surface area contributed by atoms with Gasteiger partial charge in [-0.25, -0.2) is 0 Å². The summed E-state index contributed by atoms with van der Waals surface area (Å²) in [6.45, 7) is 0. The molecule has 1 aliphatic rings. The summed E-state index contributed by atoms with van der Waals surface area (Å²) in [5.41, 5.74) is 3.54. The summed E-state index contributed by atoms with van der Waals surface area (Å²) in [6, 6.07) is 7.13. The van der Waals surface area contributed by atoms with E-state index in [0.29, 0.717) is 12.8 Å². The first-order valence-electron chi connectivity index (χ1n) is 5.87. The van der Waals surface area contributed by atoms with Crippen molar-refractivity contribution < 1.29 is 13.9 Å². The number of rotatable bonds is 2. The summed E-state index contributed by atoms with van der Waals surface area (Å²) < 4.78 is 28.6. The van der Waals surface area contributed by atoms with Gasteiger partial charge in [0, 0.05) is 11.6 Å². The van der Waals surface area contributed by atoms with E-state index in [0.717, 1.165) is 0 Å². The maximum absolute atomic E-state index is 14.3. The van der Waals surface area contributed by atoms with Crippen molar-refractivity contribution in [1.29, 1.82) is 0 Å². The molecule has 2 unspecified atom stereocenters. The van der Waals surface area contributed by atoms with Gasteiger partial charge in [-0.05, 0) is 25.7 Å². The summed E-state index contributed by atoms with van der Waals surface area (Å²) in [7, 11) is 0. The highest BCUT2D eigenvalue weighted by atomic mass is 19.3. The van der Waals surface area contributed by atoms with Crippen LogP contribution in [-0.4, -0.2) is 16.7 Å². The fraction of sp³-hybridized carbons (Fsp3) is 0.538. The Morgan fingerprint density at radius 2 is 1.94 bits per heavy atom. The van der Waals surface area contributed by atoms with Crippen LogP contribution in [-0.2, 0) is 5.92 Å². The van der Waals surface area contributed by atoms with Gasteiger partial charge < -0.3 is 10.8 Å². The smallest absolute Gasteiger partial charge is 0.301 e. The molecular weight excluding hydrogens is 224 g/mol. The highest BCUT2D eigenvalue weighted by molar-refractivity contribution is 5.24. The molecule has 4 heteroatoms. The summed E-state index contributed by atoms with van der Waals surface area (Å²) >= 11 is 0. The molecule has 1 aromatic rings. The molecule has 1 saturated carbocycles. The van der Waals surface area contributed by atoms with Gasteiger partial charge in [-0.15, -0.1) is 0 Å². The molecule has 1 aliphatic carbocycles. The zero-order chi connectivity index (χ0) is 12.5. The molecule has 2 rings (SSSR count). The Morgan fingerprint density at radius 1 is 1.29 bits per heavy atom. The van der Waals surface area contributed by atoms with Crippen molar-refractivity contribution in [2.24, 2.45) is 5.73 Å². The molecule has 0 amide bonds. The van der Waals surface area contributed by atoms with Crippen LogP contribution < -0.4 is 5.73 Å². The zero-order valence-electron chi connectivity index (χ0n) is 9.57. The second kappa shape index (κ2) is 4.35. The lowest BCUT2D eigenvalue weighted by Gasteiger charge is -2.41. The average Bonchev–Trinajstić information content (AvgIpc) is 2.29. The third kappa shape index (κ3) is 2.19. The summed E-state index contributed by atoms with van der Waals surface area (Å²) in [5.74, 6) is -3.24. The molecule has 0 saturated heterocycles. The van der Waals surface area contributed by atoms with Gasteiger partial charge in [0.1, 0.15) is 5.60 Å². The number of benzene rings is 1. The fourth-order valence-electron chi connectivity index (χ4n) is 2.50. The minimum Gasteiger partial charge on any atom is -0.383 e. The Morgan fingerprint density at radius 3 is 2.53 bits per heavy atom. The van der Waals surface area contributed by atoms with Crippen molar-refractivity contribution in [2.75, 3.05) is 0 Å². The maximum Gasteiger partial charge on any atom is 0.301 e. The van der Waals surface area contributed by atoms with Crippen molar-refractivity contribution >= 4 is 0 Å². The molecule has 2 nitrogen and oxygen atoms in total. The second-order valence-electron chi connectivity index (χ2n) is 4.83. The van der Waals surface area contributed by atoms with E-state index in [2.05, 4.69) is 0 Å². The van der Waals surface area contributed by atoms with E-state index in [1.807, 2.05) is 0 Å². The number of aliphatic hydroxyl groups is 1.